The Bertz CT molecular complexity index is 1700. The van der Waals surface area contributed by atoms with E-state index in [2.05, 4.69) is 32.3 Å². The number of aliphatic hydroxyl groups is 1. The van der Waals surface area contributed by atoms with E-state index in [1.165, 1.54) is 0 Å². The van der Waals surface area contributed by atoms with Gasteiger partial charge in [0.2, 0.25) is 0 Å². The summed E-state index contributed by atoms with van der Waals surface area (Å²) in [6.07, 6.45) is 5.26. The van der Waals surface area contributed by atoms with Crippen LogP contribution in [-0.2, 0) is 5.41 Å². The zero-order chi connectivity index (χ0) is 26.3. The summed E-state index contributed by atoms with van der Waals surface area (Å²) >= 11 is 0. The molecule has 3 aromatic heterocycles. The van der Waals surface area contributed by atoms with Crippen LogP contribution in [0.25, 0.3) is 49.8 Å². The molecule has 0 spiro atoms. The summed E-state index contributed by atoms with van der Waals surface area (Å²) in [4.78, 5) is 14.1. The van der Waals surface area contributed by atoms with Crippen molar-refractivity contribution in [3.05, 3.63) is 103 Å². The highest BCUT2D eigenvalue weighted by molar-refractivity contribution is 6.04. The molecule has 5 heteroatoms. The van der Waals surface area contributed by atoms with Gasteiger partial charge in [0.15, 0.2) is 0 Å². The topological polar surface area (TPSA) is 79.1 Å². The fourth-order valence-electron chi connectivity index (χ4n) is 4.53. The van der Waals surface area contributed by atoms with Gasteiger partial charge in [-0.05, 0) is 48.2 Å². The Morgan fingerprint density at radius 2 is 1.54 bits per heavy atom. The number of phenols is 1. The molecule has 5 aromatic rings. The molecule has 2 aromatic carbocycles. The maximum Gasteiger partial charge on any atom is 0.132 e. The van der Waals surface area contributed by atoms with Crippen LogP contribution in [0.2, 0.25) is 0 Å². The predicted molar refractivity (Wildman–Crippen MR) is 151 cm³/mol. The number of rotatable bonds is 4. The Morgan fingerprint density at radius 1 is 0.892 bits per heavy atom. The van der Waals surface area contributed by atoms with Crippen molar-refractivity contribution in [3.63, 3.8) is 0 Å². The molecule has 0 radical (unpaired) electrons. The van der Waals surface area contributed by atoms with Gasteiger partial charge in [-0.15, -0.1) is 0 Å². The maximum absolute atomic E-state index is 11.5. The normalized spacial score (nSPS) is 12.3. The SMILES string of the molecule is C=C(O)/C(=C\C)c1ccc2ccc3ccc(-c4cc(C(C)(C)C)cc(-c5cccnc5)c4O)nc3c2n1. The second-order valence-corrected chi connectivity index (χ2v) is 10.2. The van der Waals surface area contributed by atoms with E-state index in [1.807, 2.05) is 67.6 Å². The van der Waals surface area contributed by atoms with E-state index in [9.17, 15) is 10.2 Å². The smallest absolute Gasteiger partial charge is 0.132 e. The Balaban J connectivity index is 1.78. The number of hydrogen-bond acceptors (Lipinski definition) is 5. The molecular formula is C32H29N3O2. The van der Waals surface area contributed by atoms with E-state index < -0.39 is 0 Å². The van der Waals surface area contributed by atoms with Crippen LogP contribution >= 0.6 is 0 Å². The van der Waals surface area contributed by atoms with Crippen LogP contribution in [0.3, 0.4) is 0 Å². The Morgan fingerprint density at radius 3 is 2.16 bits per heavy atom. The number of aromatic nitrogens is 3. The van der Waals surface area contributed by atoms with Crippen LogP contribution < -0.4 is 0 Å². The quantitative estimate of drug-likeness (QED) is 0.153. The monoisotopic (exact) mass is 487 g/mol. The minimum Gasteiger partial charge on any atom is -0.508 e. The molecule has 184 valence electrons. The number of pyridine rings is 3. The second kappa shape index (κ2) is 9.17. The fourth-order valence-corrected chi connectivity index (χ4v) is 4.53. The molecule has 5 rings (SSSR count). The lowest BCUT2D eigenvalue weighted by Gasteiger charge is -2.22. The number of fused-ring (bicyclic) bond motifs is 3. The number of nitrogens with zero attached hydrogens (tertiary/aromatic N) is 3. The lowest BCUT2D eigenvalue weighted by molar-refractivity contribution is 0.440. The third-order valence-electron chi connectivity index (χ3n) is 6.62. The molecule has 0 unspecified atom stereocenters. The number of aliphatic hydroxyl groups excluding tert-OH is 1. The van der Waals surface area contributed by atoms with Crippen molar-refractivity contribution in [2.75, 3.05) is 0 Å². The van der Waals surface area contributed by atoms with E-state index >= 15 is 0 Å². The summed E-state index contributed by atoms with van der Waals surface area (Å²) in [7, 11) is 0. The molecule has 37 heavy (non-hydrogen) atoms. The highest BCUT2D eigenvalue weighted by Crippen LogP contribution is 2.42. The molecule has 0 fully saturated rings. The summed E-state index contributed by atoms with van der Waals surface area (Å²) in [6, 6.07) is 19.6. The van der Waals surface area contributed by atoms with Crippen molar-refractivity contribution in [2.45, 2.75) is 33.1 Å². The molecule has 0 atom stereocenters. The van der Waals surface area contributed by atoms with Crippen LogP contribution in [0.5, 0.6) is 5.75 Å². The van der Waals surface area contributed by atoms with Gasteiger partial charge in [0.1, 0.15) is 11.5 Å². The van der Waals surface area contributed by atoms with E-state index in [0.717, 1.165) is 38.5 Å². The van der Waals surface area contributed by atoms with E-state index in [0.29, 0.717) is 22.5 Å². The highest BCUT2D eigenvalue weighted by atomic mass is 16.3. The number of hydrogen-bond donors (Lipinski definition) is 2. The first-order chi connectivity index (χ1) is 17.7. The van der Waals surface area contributed by atoms with Crippen LogP contribution in [-0.4, -0.2) is 25.2 Å². The van der Waals surface area contributed by atoms with Crippen molar-refractivity contribution in [2.24, 2.45) is 0 Å². The van der Waals surface area contributed by atoms with Gasteiger partial charge < -0.3 is 10.2 Å². The minimum atomic E-state index is -0.144. The van der Waals surface area contributed by atoms with Gasteiger partial charge >= 0.3 is 0 Å². The molecule has 5 nitrogen and oxygen atoms in total. The number of allylic oxidation sites excluding steroid dienone is 2. The van der Waals surface area contributed by atoms with Gasteiger partial charge in [-0.25, -0.2) is 9.97 Å². The molecule has 0 bridgehead atoms. The highest BCUT2D eigenvalue weighted by Gasteiger charge is 2.21. The van der Waals surface area contributed by atoms with Crippen molar-refractivity contribution < 1.29 is 10.2 Å². The summed E-state index contributed by atoms with van der Waals surface area (Å²) in [5.41, 5.74) is 6.44. The summed E-state index contributed by atoms with van der Waals surface area (Å²) in [6.45, 7) is 12.0. The zero-order valence-electron chi connectivity index (χ0n) is 21.4. The maximum atomic E-state index is 11.5. The number of aromatic hydroxyl groups is 1. The average molecular weight is 488 g/mol. The Hall–Kier alpha value is -4.51. The van der Waals surface area contributed by atoms with Crippen molar-refractivity contribution in [3.8, 4) is 28.1 Å². The second-order valence-electron chi connectivity index (χ2n) is 10.2. The molecule has 2 N–H and O–H groups in total. The Labute approximate surface area is 216 Å². The van der Waals surface area contributed by atoms with E-state index in [1.54, 1.807) is 18.5 Å². The molecule has 0 aliphatic rings. The average Bonchev–Trinajstić information content (AvgIpc) is 2.88. The summed E-state index contributed by atoms with van der Waals surface area (Å²) < 4.78 is 0. The fraction of sp³-hybridized carbons (Fsp3) is 0.156. The molecule has 0 saturated carbocycles. The predicted octanol–water partition coefficient (Wildman–Crippen LogP) is 7.99. The third-order valence-corrected chi connectivity index (χ3v) is 6.62. The van der Waals surface area contributed by atoms with E-state index in [-0.39, 0.29) is 16.9 Å². The van der Waals surface area contributed by atoms with Gasteiger partial charge in [0.25, 0.3) is 0 Å². The first-order valence-electron chi connectivity index (χ1n) is 12.2. The van der Waals surface area contributed by atoms with Crippen molar-refractivity contribution in [1.82, 2.24) is 15.0 Å². The number of phenolic OH excluding ortho intramolecular Hbond substituents is 1. The standard InChI is InChI=1S/C32H29N3O2/c1-6-24(19(2)36)27-13-11-20-9-10-21-12-14-28(35-30(21)29(20)34-27)26-17-23(32(3,4)5)16-25(31(26)37)22-8-7-15-33-18-22/h6-18,36-37H,2H2,1,3-5H3/b24-6+. The van der Waals surface area contributed by atoms with Crippen LogP contribution in [0.4, 0.5) is 0 Å². The van der Waals surface area contributed by atoms with Crippen LogP contribution in [0.1, 0.15) is 39.0 Å². The lowest BCUT2D eigenvalue weighted by Crippen LogP contribution is -2.11. The molecule has 0 aliphatic heterocycles. The van der Waals surface area contributed by atoms with Gasteiger partial charge in [-0.2, -0.15) is 0 Å². The largest absolute Gasteiger partial charge is 0.508 e. The van der Waals surface area contributed by atoms with Gasteiger partial charge in [-0.3, -0.25) is 4.98 Å². The molecule has 0 aliphatic carbocycles. The summed E-state index contributed by atoms with van der Waals surface area (Å²) in [5, 5.41) is 23.4. The molecule has 3 heterocycles. The molecular weight excluding hydrogens is 458 g/mol. The van der Waals surface area contributed by atoms with Gasteiger partial charge in [0, 0.05) is 45.4 Å². The van der Waals surface area contributed by atoms with Crippen LogP contribution in [0, 0.1) is 0 Å². The first kappa shape index (κ1) is 24.2. The minimum absolute atomic E-state index is 0.0323. The molecule has 0 amide bonds. The Kier molecular flexibility index (Phi) is 6.00. The van der Waals surface area contributed by atoms with Crippen molar-refractivity contribution in [1.29, 1.82) is 0 Å². The first-order valence-corrected chi connectivity index (χ1v) is 12.2. The van der Waals surface area contributed by atoms with Gasteiger partial charge in [0.05, 0.1) is 22.4 Å². The van der Waals surface area contributed by atoms with Gasteiger partial charge in [-0.1, -0.05) is 63.8 Å². The third kappa shape index (κ3) is 4.45. The zero-order valence-corrected chi connectivity index (χ0v) is 21.4. The van der Waals surface area contributed by atoms with Crippen LogP contribution in [0.15, 0.2) is 91.5 Å². The van der Waals surface area contributed by atoms with E-state index in [4.69, 9.17) is 9.97 Å². The van der Waals surface area contributed by atoms with Crippen molar-refractivity contribution >= 4 is 27.4 Å². The summed E-state index contributed by atoms with van der Waals surface area (Å²) in [5.74, 6) is 0.129. The molecule has 0 saturated heterocycles. The lowest BCUT2D eigenvalue weighted by atomic mass is 9.83. The number of benzene rings is 2.